The number of hydrogen-bond acceptors (Lipinski definition) is 4. The summed E-state index contributed by atoms with van der Waals surface area (Å²) in [5, 5.41) is 0. The molecule has 42 heavy (non-hydrogen) atoms. The van der Waals surface area contributed by atoms with Crippen molar-refractivity contribution >= 4 is 11.8 Å². The van der Waals surface area contributed by atoms with E-state index < -0.39 is 0 Å². The second kappa shape index (κ2) is 14.9. The first-order chi connectivity index (χ1) is 20.3. The highest BCUT2D eigenvalue weighted by Gasteiger charge is 2.20. The summed E-state index contributed by atoms with van der Waals surface area (Å²) < 4.78 is 11.8. The maximum Gasteiger partial charge on any atom is 0.260 e. The molecule has 0 aromatic heterocycles. The van der Waals surface area contributed by atoms with Crippen LogP contribution in [0.3, 0.4) is 0 Å². The summed E-state index contributed by atoms with van der Waals surface area (Å²) in [6.07, 6.45) is 0. The highest BCUT2D eigenvalue weighted by molar-refractivity contribution is 5.79. The lowest BCUT2D eigenvalue weighted by atomic mass is 10.1. The van der Waals surface area contributed by atoms with Gasteiger partial charge in [-0.05, 0) is 85.3 Å². The third kappa shape index (κ3) is 8.96. The van der Waals surface area contributed by atoms with E-state index in [1.807, 2.05) is 125 Å². The van der Waals surface area contributed by atoms with Gasteiger partial charge in [-0.1, -0.05) is 72.8 Å². The first-order valence-corrected chi connectivity index (χ1v) is 14.3. The average molecular weight is 565 g/mol. The van der Waals surface area contributed by atoms with E-state index in [2.05, 4.69) is 0 Å². The maximum atomic E-state index is 13.5. The van der Waals surface area contributed by atoms with Crippen LogP contribution in [0.4, 0.5) is 0 Å². The normalized spacial score (nSPS) is 10.7. The van der Waals surface area contributed by atoms with Gasteiger partial charge in [0.05, 0.1) is 0 Å². The Hall–Kier alpha value is -4.58. The van der Waals surface area contributed by atoms with E-state index in [-0.39, 0.29) is 25.0 Å². The summed E-state index contributed by atoms with van der Waals surface area (Å²) in [7, 11) is 0. The minimum atomic E-state index is -0.143. The lowest BCUT2D eigenvalue weighted by Gasteiger charge is -2.28. The fourth-order valence-corrected chi connectivity index (χ4v) is 4.51. The Morgan fingerprint density at radius 2 is 0.905 bits per heavy atom. The number of nitrogens with zero attached hydrogens (tertiary/aromatic N) is 2. The van der Waals surface area contributed by atoms with E-state index in [1.165, 1.54) is 11.1 Å². The molecule has 0 aliphatic carbocycles. The minimum absolute atomic E-state index is 0.0855. The Kier molecular flexibility index (Phi) is 10.8. The summed E-state index contributed by atoms with van der Waals surface area (Å²) in [4.78, 5) is 30.4. The van der Waals surface area contributed by atoms with Gasteiger partial charge in [-0.15, -0.1) is 0 Å². The molecule has 2 amide bonds. The molecule has 0 spiro atoms. The minimum Gasteiger partial charge on any atom is -0.484 e. The van der Waals surface area contributed by atoms with Crippen LogP contribution in [0.25, 0.3) is 0 Å². The molecule has 0 N–H and O–H groups in total. The SMILES string of the molecule is Cc1ccc(OCC(=O)N(CCN(Cc2ccccc2)C(=O)COc2ccc(C)c(C)c2)Cc2ccccc2)cc1C. The van der Waals surface area contributed by atoms with E-state index in [4.69, 9.17) is 9.47 Å². The molecule has 0 unspecified atom stereocenters. The van der Waals surface area contributed by atoms with Gasteiger partial charge in [-0.3, -0.25) is 9.59 Å². The Morgan fingerprint density at radius 1 is 0.524 bits per heavy atom. The summed E-state index contributed by atoms with van der Waals surface area (Å²) in [6, 6.07) is 31.3. The molecule has 0 saturated carbocycles. The van der Waals surface area contributed by atoms with Crippen molar-refractivity contribution in [2.45, 2.75) is 40.8 Å². The predicted octanol–water partition coefficient (Wildman–Crippen LogP) is 6.44. The van der Waals surface area contributed by atoms with Crippen LogP contribution >= 0.6 is 0 Å². The Bertz CT molecular complexity index is 1360. The van der Waals surface area contributed by atoms with Gasteiger partial charge < -0.3 is 19.3 Å². The molecule has 0 saturated heterocycles. The van der Waals surface area contributed by atoms with Gasteiger partial charge in [0.25, 0.3) is 11.8 Å². The van der Waals surface area contributed by atoms with Gasteiger partial charge in [0.1, 0.15) is 11.5 Å². The van der Waals surface area contributed by atoms with Crippen LogP contribution in [0.5, 0.6) is 11.5 Å². The molecular formula is C36H40N2O4. The summed E-state index contributed by atoms with van der Waals surface area (Å²) >= 11 is 0. The summed E-state index contributed by atoms with van der Waals surface area (Å²) in [5.41, 5.74) is 6.58. The number of aryl methyl sites for hydroxylation is 4. The monoisotopic (exact) mass is 564 g/mol. The van der Waals surface area contributed by atoms with Gasteiger partial charge >= 0.3 is 0 Å². The van der Waals surface area contributed by atoms with E-state index in [1.54, 1.807) is 9.80 Å². The molecule has 0 aliphatic rings. The van der Waals surface area contributed by atoms with Crippen molar-refractivity contribution in [2.75, 3.05) is 26.3 Å². The van der Waals surface area contributed by atoms with E-state index in [9.17, 15) is 9.59 Å². The second-order valence-electron chi connectivity index (χ2n) is 10.7. The van der Waals surface area contributed by atoms with E-state index >= 15 is 0 Å². The second-order valence-corrected chi connectivity index (χ2v) is 10.7. The highest BCUT2D eigenvalue weighted by Crippen LogP contribution is 2.18. The lowest BCUT2D eigenvalue weighted by molar-refractivity contribution is -0.138. The van der Waals surface area contributed by atoms with Gasteiger partial charge in [0.15, 0.2) is 13.2 Å². The smallest absolute Gasteiger partial charge is 0.260 e. The molecule has 218 valence electrons. The zero-order valence-corrected chi connectivity index (χ0v) is 25.0. The molecule has 0 aliphatic heterocycles. The molecule has 0 bridgehead atoms. The Balaban J connectivity index is 1.46. The first kappa shape index (κ1) is 30.4. The molecule has 0 radical (unpaired) electrons. The molecule has 4 rings (SSSR count). The van der Waals surface area contributed by atoms with Crippen LogP contribution in [-0.4, -0.2) is 47.9 Å². The number of carbonyl (C=O) groups excluding carboxylic acids is 2. The first-order valence-electron chi connectivity index (χ1n) is 14.3. The number of carbonyl (C=O) groups is 2. The molecule has 0 fully saturated rings. The standard InChI is InChI=1S/C36H40N2O4/c1-27-15-17-33(21-29(27)3)41-25-35(39)37(23-31-11-7-5-8-12-31)19-20-38(24-32-13-9-6-10-14-32)36(40)26-42-34-18-16-28(2)30(4)22-34/h5-18,21-22H,19-20,23-26H2,1-4H3. The van der Waals surface area contributed by atoms with Crippen molar-refractivity contribution in [3.05, 3.63) is 130 Å². The zero-order chi connectivity index (χ0) is 29.9. The topological polar surface area (TPSA) is 59.1 Å². The molecular weight excluding hydrogens is 524 g/mol. The van der Waals surface area contributed by atoms with Gasteiger partial charge in [0.2, 0.25) is 0 Å². The summed E-state index contributed by atoms with van der Waals surface area (Å²) in [6.45, 7) is 9.50. The maximum absolute atomic E-state index is 13.5. The van der Waals surface area contributed by atoms with Crippen molar-refractivity contribution in [1.82, 2.24) is 9.80 Å². The quantitative estimate of drug-likeness (QED) is 0.188. The third-order valence-corrected chi connectivity index (χ3v) is 7.46. The van der Waals surface area contributed by atoms with E-state index in [0.29, 0.717) is 37.7 Å². The third-order valence-electron chi connectivity index (χ3n) is 7.46. The molecule has 4 aromatic rings. The van der Waals surface area contributed by atoms with Crippen LogP contribution in [0, 0.1) is 27.7 Å². The lowest BCUT2D eigenvalue weighted by Crippen LogP contribution is -2.43. The van der Waals surface area contributed by atoms with Crippen LogP contribution < -0.4 is 9.47 Å². The highest BCUT2D eigenvalue weighted by atomic mass is 16.5. The summed E-state index contributed by atoms with van der Waals surface area (Å²) in [5.74, 6) is 1.04. The fraction of sp³-hybridized carbons (Fsp3) is 0.278. The van der Waals surface area contributed by atoms with Gasteiger partial charge in [-0.2, -0.15) is 0 Å². The van der Waals surface area contributed by atoms with Gasteiger partial charge in [-0.25, -0.2) is 0 Å². The zero-order valence-electron chi connectivity index (χ0n) is 25.0. The number of rotatable bonds is 13. The fourth-order valence-electron chi connectivity index (χ4n) is 4.51. The molecule has 0 heterocycles. The molecule has 6 heteroatoms. The van der Waals surface area contributed by atoms with Crippen molar-refractivity contribution in [3.63, 3.8) is 0 Å². The number of benzene rings is 4. The molecule has 6 nitrogen and oxygen atoms in total. The Labute approximate surface area is 249 Å². The largest absolute Gasteiger partial charge is 0.484 e. The number of ether oxygens (including phenoxy) is 2. The number of amides is 2. The Morgan fingerprint density at radius 3 is 1.26 bits per heavy atom. The van der Waals surface area contributed by atoms with Crippen molar-refractivity contribution in [2.24, 2.45) is 0 Å². The average Bonchev–Trinajstić information content (AvgIpc) is 3.00. The van der Waals surface area contributed by atoms with Crippen LogP contribution in [0.1, 0.15) is 33.4 Å². The molecule has 0 atom stereocenters. The van der Waals surface area contributed by atoms with Gasteiger partial charge in [0, 0.05) is 26.2 Å². The van der Waals surface area contributed by atoms with Crippen molar-refractivity contribution in [3.8, 4) is 11.5 Å². The van der Waals surface area contributed by atoms with Crippen LogP contribution in [0.15, 0.2) is 97.1 Å². The van der Waals surface area contributed by atoms with Crippen molar-refractivity contribution < 1.29 is 19.1 Å². The molecule has 4 aromatic carbocycles. The number of hydrogen-bond donors (Lipinski definition) is 0. The van der Waals surface area contributed by atoms with Crippen molar-refractivity contribution in [1.29, 1.82) is 0 Å². The predicted molar refractivity (Wildman–Crippen MR) is 167 cm³/mol. The van der Waals surface area contributed by atoms with Crippen LogP contribution in [-0.2, 0) is 22.7 Å². The van der Waals surface area contributed by atoms with E-state index in [0.717, 1.165) is 22.3 Å². The van der Waals surface area contributed by atoms with Crippen LogP contribution in [0.2, 0.25) is 0 Å².